The molecule has 0 spiro atoms. The summed E-state index contributed by atoms with van der Waals surface area (Å²) in [5.74, 6) is -1.19. The molecule has 0 aliphatic carbocycles. The van der Waals surface area contributed by atoms with Crippen molar-refractivity contribution in [2.24, 2.45) is 10.2 Å². The monoisotopic (exact) mass is 338 g/mol. The molecule has 0 saturated carbocycles. The number of carbonyl (C=O) groups is 2. The van der Waals surface area contributed by atoms with E-state index in [1.54, 1.807) is 13.8 Å². The molecular weight excluding hydrogens is 324 g/mol. The highest BCUT2D eigenvalue weighted by Crippen LogP contribution is 2.07. The second kappa shape index (κ2) is 8.35. The van der Waals surface area contributed by atoms with Crippen molar-refractivity contribution in [1.82, 2.24) is 40.4 Å². The molecule has 0 aromatic carbocycles. The van der Waals surface area contributed by atoms with E-state index in [0.717, 1.165) is 9.59 Å². The van der Waals surface area contributed by atoms with Crippen molar-refractivity contribution in [1.29, 1.82) is 0 Å². The van der Waals surface area contributed by atoms with Crippen LogP contribution >= 0.6 is 0 Å². The van der Waals surface area contributed by atoms with Crippen LogP contribution in [-0.2, 0) is 32.2 Å². The Bertz CT molecular complexity index is 663. The molecule has 0 radical (unpaired) electrons. The van der Waals surface area contributed by atoms with Crippen LogP contribution in [-0.4, -0.2) is 65.6 Å². The van der Waals surface area contributed by atoms with Gasteiger partial charge in [-0.15, -0.1) is 20.4 Å². The van der Waals surface area contributed by atoms with Gasteiger partial charge in [-0.25, -0.2) is 9.59 Å². The summed E-state index contributed by atoms with van der Waals surface area (Å²) in [6.45, 7) is 3.51. The highest BCUT2D eigenvalue weighted by atomic mass is 16.5. The van der Waals surface area contributed by atoms with Crippen LogP contribution < -0.4 is 0 Å². The largest absolute Gasteiger partial charge is 0.465 e. The summed E-state index contributed by atoms with van der Waals surface area (Å²) in [6.07, 6.45) is 0. The first-order valence-electron chi connectivity index (χ1n) is 6.89. The molecule has 14 heteroatoms. The van der Waals surface area contributed by atoms with Gasteiger partial charge in [-0.2, -0.15) is 9.59 Å². The lowest BCUT2D eigenvalue weighted by Crippen LogP contribution is -2.15. The first kappa shape index (κ1) is 17.0. The number of nitrogens with zero attached hydrogens (tertiary/aromatic N) is 10. The maximum absolute atomic E-state index is 11.3. The smallest absolute Gasteiger partial charge is 0.329 e. The zero-order valence-electron chi connectivity index (χ0n) is 12.9. The molecule has 0 unspecified atom stereocenters. The maximum atomic E-state index is 11.3. The van der Waals surface area contributed by atoms with E-state index in [0.29, 0.717) is 0 Å². The molecule has 0 aliphatic rings. The third-order valence-corrected chi connectivity index (χ3v) is 2.27. The van der Waals surface area contributed by atoms with Crippen LogP contribution in [0.15, 0.2) is 10.2 Å². The molecule has 2 heterocycles. The van der Waals surface area contributed by atoms with E-state index in [-0.39, 0.29) is 38.2 Å². The van der Waals surface area contributed by atoms with Crippen molar-refractivity contribution >= 4 is 23.8 Å². The van der Waals surface area contributed by atoms with Gasteiger partial charge >= 0.3 is 23.8 Å². The summed E-state index contributed by atoms with van der Waals surface area (Å²) in [7, 11) is 0. The zero-order valence-corrected chi connectivity index (χ0v) is 12.9. The molecule has 0 amide bonds. The third kappa shape index (κ3) is 5.15. The van der Waals surface area contributed by atoms with Crippen LogP contribution in [0.3, 0.4) is 0 Å². The van der Waals surface area contributed by atoms with Gasteiger partial charge in [0.15, 0.2) is 13.1 Å². The fourth-order valence-electron chi connectivity index (χ4n) is 1.42. The lowest BCUT2D eigenvalue weighted by molar-refractivity contribution is -0.145. The van der Waals surface area contributed by atoms with Gasteiger partial charge < -0.3 is 9.47 Å². The Morgan fingerprint density at radius 1 is 0.875 bits per heavy atom. The fourth-order valence-corrected chi connectivity index (χ4v) is 1.42. The molecular formula is C10H14N10O4. The van der Waals surface area contributed by atoms with Gasteiger partial charge in [0.2, 0.25) is 0 Å². The van der Waals surface area contributed by atoms with Gasteiger partial charge in [-0.1, -0.05) is 10.2 Å². The SMILES string of the molecule is CCOC(=O)Cn1nnc(/N=N\c2nnn(CC(=O)OCC)n2)n1. The number of tetrazole rings is 2. The predicted molar refractivity (Wildman–Crippen MR) is 73.1 cm³/mol. The Morgan fingerprint density at radius 2 is 1.29 bits per heavy atom. The summed E-state index contributed by atoms with van der Waals surface area (Å²) in [6, 6.07) is 0. The Kier molecular flexibility index (Phi) is 5.93. The number of hydrogen-bond donors (Lipinski definition) is 0. The van der Waals surface area contributed by atoms with Crippen molar-refractivity contribution < 1.29 is 19.1 Å². The number of rotatable bonds is 8. The van der Waals surface area contributed by atoms with Gasteiger partial charge in [-0.05, 0) is 24.3 Å². The van der Waals surface area contributed by atoms with E-state index in [9.17, 15) is 9.59 Å². The summed E-state index contributed by atoms with van der Waals surface area (Å²) < 4.78 is 9.49. The molecule has 0 fully saturated rings. The molecule has 2 rings (SSSR count). The minimum absolute atomic E-state index is 0.0963. The average Bonchev–Trinajstić information content (AvgIpc) is 3.15. The molecule has 2 aromatic rings. The standard InChI is InChI=1S/C10H14N10O4/c1-3-23-7(21)5-19-15-9(13-17-19)11-12-10-14-18-20(16-10)6-8(22)24-4-2/h3-6H2,1-2H3/b12-11-. The number of carbonyl (C=O) groups excluding carboxylic acids is 2. The highest BCUT2D eigenvalue weighted by Gasteiger charge is 2.09. The lowest BCUT2D eigenvalue weighted by Gasteiger charge is -1.98. The quantitative estimate of drug-likeness (QED) is 0.439. The Morgan fingerprint density at radius 3 is 1.67 bits per heavy atom. The van der Waals surface area contributed by atoms with Gasteiger partial charge in [0.1, 0.15) is 0 Å². The number of ether oxygens (including phenoxy) is 2. The van der Waals surface area contributed by atoms with Gasteiger partial charge in [0.05, 0.1) is 13.2 Å². The molecule has 14 nitrogen and oxygen atoms in total. The highest BCUT2D eigenvalue weighted by molar-refractivity contribution is 5.69. The van der Waals surface area contributed by atoms with E-state index in [1.807, 2.05) is 0 Å². The number of hydrogen-bond acceptors (Lipinski definition) is 12. The Labute approximate surface area is 134 Å². The first-order valence-corrected chi connectivity index (χ1v) is 6.89. The zero-order chi connectivity index (χ0) is 17.4. The molecule has 24 heavy (non-hydrogen) atoms. The Hall–Kier alpha value is -3.32. The van der Waals surface area contributed by atoms with Crippen molar-refractivity contribution in [3.63, 3.8) is 0 Å². The Balaban J connectivity index is 1.92. The van der Waals surface area contributed by atoms with Crippen molar-refractivity contribution in [3.05, 3.63) is 0 Å². The van der Waals surface area contributed by atoms with Crippen LogP contribution in [0, 0.1) is 0 Å². The van der Waals surface area contributed by atoms with E-state index in [4.69, 9.17) is 9.47 Å². The molecule has 0 bridgehead atoms. The van der Waals surface area contributed by atoms with Gasteiger partial charge in [0.25, 0.3) is 0 Å². The summed E-state index contributed by atoms with van der Waals surface area (Å²) >= 11 is 0. The molecule has 2 aromatic heterocycles. The molecule has 0 N–H and O–H groups in total. The van der Waals surface area contributed by atoms with Crippen LogP contribution in [0.25, 0.3) is 0 Å². The number of esters is 2. The van der Waals surface area contributed by atoms with Crippen LogP contribution in [0.1, 0.15) is 13.8 Å². The van der Waals surface area contributed by atoms with Crippen LogP contribution in [0.4, 0.5) is 11.9 Å². The second-order valence-corrected chi connectivity index (χ2v) is 4.05. The minimum Gasteiger partial charge on any atom is -0.465 e. The van der Waals surface area contributed by atoms with Crippen molar-refractivity contribution in [2.75, 3.05) is 13.2 Å². The van der Waals surface area contributed by atoms with Gasteiger partial charge in [0, 0.05) is 0 Å². The third-order valence-electron chi connectivity index (χ3n) is 2.27. The average molecular weight is 338 g/mol. The summed E-state index contributed by atoms with van der Waals surface area (Å²) in [5, 5.41) is 29.3. The van der Waals surface area contributed by atoms with E-state index < -0.39 is 11.9 Å². The number of azo groups is 1. The molecule has 0 saturated heterocycles. The molecule has 0 atom stereocenters. The molecule has 128 valence electrons. The first-order chi connectivity index (χ1) is 11.6. The van der Waals surface area contributed by atoms with Crippen molar-refractivity contribution in [2.45, 2.75) is 26.9 Å². The topological polar surface area (TPSA) is 165 Å². The summed E-state index contributed by atoms with van der Waals surface area (Å²) in [5.41, 5.74) is 0. The normalized spacial score (nSPS) is 10.9. The number of aromatic nitrogens is 8. The molecule has 0 aliphatic heterocycles. The second-order valence-electron chi connectivity index (χ2n) is 4.05. The van der Waals surface area contributed by atoms with Gasteiger partial charge in [-0.3, -0.25) is 0 Å². The summed E-state index contributed by atoms with van der Waals surface area (Å²) in [4.78, 5) is 24.6. The lowest BCUT2D eigenvalue weighted by atomic mass is 10.7. The maximum Gasteiger partial charge on any atom is 0.329 e. The predicted octanol–water partition coefficient (Wildman–Crippen LogP) is -0.799. The van der Waals surface area contributed by atoms with E-state index in [1.165, 1.54) is 0 Å². The van der Waals surface area contributed by atoms with Crippen molar-refractivity contribution in [3.8, 4) is 0 Å². The van der Waals surface area contributed by atoms with Crippen LogP contribution in [0.2, 0.25) is 0 Å². The van der Waals surface area contributed by atoms with Crippen LogP contribution in [0.5, 0.6) is 0 Å². The fraction of sp³-hybridized carbons (Fsp3) is 0.600. The van der Waals surface area contributed by atoms with E-state index >= 15 is 0 Å². The van der Waals surface area contributed by atoms with E-state index in [2.05, 4.69) is 41.0 Å². The minimum atomic E-state index is -0.498.